The smallest absolute Gasteiger partial charge is 0.312 e. The Morgan fingerprint density at radius 1 is 1.20 bits per heavy atom. The van der Waals surface area contributed by atoms with Gasteiger partial charge in [-0.05, 0) is 17.7 Å². The summed E-state index contributed by atoms with van der Waals surface area (Å²) in [5.74, 6) is 0.450. The number of nitrogens with zero attached hydrogens (tertiary/aromatic N) is 2. The molecule has 1 aromatic carbocycles. The van der Waals surface area contributed by atoms with E-state index in [1.165, 1.54) is 0 Å². The van der Waals surface area contributed by atoms with Gasteiger partial charge in [-0.3, -0.25) is 0 Å². The normalized spacial score (nSPS) is 10.5. The molecule has 6 heteroatoms. The van der Waals surface area contributed by atoms with Gasteiger partial charge in [-0.1, -0.05) is 34.4 Å². The molecule has 0 radical (unpaired) electrons. The summed E-state index contributed by atoms with van der Waals surface area (Å²) in [5, 5.41) is 8.32. The molecule has 0 spiro atoms. The first-order valence-electron chi connectivity index (χ1n) is 4.17. The van der Waals surface area contributed by atoms with Crippen LogP contribution in [0.15, 0.2) is 22.6 Å². The minimum Gasteiger partial charge on any atom is -0.408 e. The molecule has 15 heavy (non-hydrogen) atoms. The number of hydrogen-bond acceptors (Lipinski definition) is 4. The van der Waals surface area contributed by atoms with Crippen molar-refractivity contribution < 1.29 is 4.42 Å². The maximum absolute atomic E-state index is 5.86. The molecule has 1 aromatic heterocycles. The molecule has 0 aliphatic rings. The number of benzene rings is 1. The highest BCUT2D eigenvalue weighted by Gasteiger charge is 2.05. The van der Waals surface area contributed by atoms with Crippen LogP contribution in [-0.4, -0.2) is 10.2 Å². The molecular formula is C9H7Cl2N3O. The molecule has 0 aliphatic heterocycles. The fourth-order valence-corrected chi connectivity index (χ4v) is 1.48. The highest BCUT2D eigenvalue weighted by molar-refractivity contribution is 6.42. The number of anilines is 1. The van der Waals surface area contributed by atoms with Gasteiger partial charge < -0.3 is 10.2 Å². The van der Waals surface area contributed by atoms with Gasteiger partial charge in [0, 0.05) is 0 Å². The lowest BCUT2D eigenvalue weighted by Gasteiger charge is -1.99. The van der Waals surface area contributed by atoms with Gasteiger partial charge in [-0.25, -0.2) is 0 Å². The lowest BCUT2D eigenvalue weighted by atomic mass is 10.1. The fourth-order valence-electron chi connectivity index (χ4n) is 1.16. The molecule has 0 unspecified atom stereocenters. The third kappa shape index (κ3) is 2.40. The highest BCUT2D eigenvalue weighted by Crippen LogP contribution is 2.23. The molecule has 0 aliphatic carbocycles. The Morgan fingerprint density at radius 3 is 2.60 bits per heavy atom. The van der Waals surface area contributed by atoms with Gasteiger partial charge in [0.1, 0.15) is 0 Å². The molecule has 0 amide bonds. The van der Waals surface area contributed by atoms with Gasteiger partial charge in [-0.2, -0.15) is 0 Å². The molecule has 0 saturated heterocycles. The monoisotopic (exact) mass is 243 g/mol. The van der Waals surface area contributed by atoms with E-state index in [9.17, 15) is 0 Å². The van der Waals surface area contributed by atoms with Crippen LogP contribution in [-0.2, 0) is 6.42 Å². The van der Waals surface area contributed by atoms with Crippen LogP contribution in [0.5, 0.6) is 0 Å². The molecule has 0 saturated carbocycles. The topological polar surface area (TPSA) is 64.9 Å². The lowest BCUT2D eigenvalue weighted by Crippen LogP contribution is -1.88. The zero-order valence-electron chi connectivity index (χ0n) is 7.58. The Labute approximate surface area is 96.0 Å². The van der Waals surface area contributed by atoms with Gasteiger partial charge in [-0.15, -0.1) is 5.10 Å². The number of nitrogens with two attached hydrogens (primary N) is 1. The van der Waals surface area contributed by atoms with Crippen molar-refractivity contribution >= 4 is 29.2 Å². The first-order chi connectivity index (χ1) is 7.15. The van der Waals surface area contributed by atoms with Gasteiger partial charge in [0.25, 0.3) is 0 Å². The average Bonchev–Trinajstić information content (AvgIpc) is 2.58. The van der Waals surface area contributed by atoms with Crippen LogP contribution in [0.25, 0.3) is 0 Å². The maximum Gasteiger partial charge on any atom is 0.312 e. The highest BCUT2D eigenvalue weighted by atomic mass is 35.5. The zero-order valence-corrected chi connectivity index (χ0v) is 9.09. The van der Waals surface area contributed by atoms with E-state index in [2.05, 4.69) is 10.2 Å². The summed E-state index contributed by atoms with van der Waals surface area (Å²) >= 11 is 11.6. The molecule has 1 heterocycles. The Bertz CT molecular complexity index is 484. The van der Waals surface area contributed by atoms with Crippen LogP contribution in [0.4, 0.5) is 6.01 Å². The van der Waals surface area contributed by atoms with Gasteiger partial charge in [0.05, 0.1) is 16.5 Å². The Hall–Kier alpha value is -1.26. The molecule has 0 atom stereocenters. The van der Waals surface area contributed by atoms with E-state index in [0.717, 1.165) is 5.56 Å². The Balaban J connectivity index is 2.21. The van der Waals surface area contributed by atoms with Crippen molar-refractivity contribution in [2.75, 3.05) is 5.73 Å². The van der Waals surface area contributed by atoms with Gasteiger partial charge >= 0.3 is 6.01 Å². The van der Waals surface area contributed by atoms with Crippen molar-refractivity contribution in [1.82, 2.24) is 10.2 Å². The largest absolute Gasteiger partial charge is 0.408 e. The number of aromatic nitrogens is 2. The fraction of sp³-hybridized carbons (Fsp3) is 0.111. The summed E-state index contributed by atoms with van der Waals surface area (Å²) in [7, 11) is 0. The van der Waals surface area contributed by atoms with Crippen molar-refractivity contribution in [3.8, 4) is 0 Å². The summed E-state index contributed by atoms with van der Waals surface area (Å²) in [6, 6.07) is 5.38. The zero-order chi connectivity index (χ0) is 10.8. The minimum absolute atomic E-state index is 0.0602. The molecule has 0 fully saturated rings. The third-order valence-corrected chi connectivity index (χ3v) is 2.56. The third-order valence-electron chi connectivity index (χ3n) is 1.82. The number of rotatable bonds is 2. The van der Waals surface area contributed by atoms with Crippen molar-refractivity contribution in [3.63, 3.8) is 0 Å². The van der Waals surface area contributed by atoms with Crippen LogP contribution < -0.4 is 5.73 Å². The van der Waals surface area contributed by atoms with E-state index in [1.54, 1.807) is 12.1 Å². The van der Waals surface area contributed by atoms with E-state index in [-0.39, 0.29) is 6.01 Å². The van der Waals surface area contributed by atoms with Crippen LogP contribution in [0, 0.1) is 0 Å². The van der Waals surface area contributed by atoms with E-state index < -0.39 is 0 Å². The first-order valence-corrected chi connectivity index (χ1v) is 4.92. The maximum atomic E-state index is 5.86. The van der Waals surface area contributed by atoms with Crippen LogP contribution in [0.2, 0.25) is 10.0 Å². The van der Waals surface area contributed by atoms with Crippen molar-refractivity contribution in [2.45, 2.75) is 6.42 Å². The van der Waals surface area contributed by atoms with Crippen LogP contribution in [0.1, 0.15) is 11.5 Å². The van der Waals surface area contributed by atoms with E-state index in [0.29, 0.717) is 22.4 Å². The first kappa shape index (κ1) is 10.3. The average molecular weight is 244 g/mol. The Kier molecular flexibility index (Phi) is 2.79. The molecular weight excluding hydrogens is 237 g/mol. The number of hydrogen-bond donors (Lipinski definition) is 1. The van der Waals surface area contributed by atoms with E-state index >= 15 is 0 Å². The molecule has 4 nitrogen and oxygen atoms in total. The molecule has 2 aromatic rings. The number of halogens is 2. The summed E-state index contributed by atoms with van der Waals surface area (Å²) in [6.45, 7) is 0. The van der Waals surface area contributed by atoms with Gasteiger partial charge in [0.2, 0.25) is 5.89 Å². The SMILES string of the molecule is Nc1nnc(Cc2ccc(Cl)c(Cl)c2)o1. The molecule has 2 N–H and O–H groups in total. The van der Waals surface area contributed by atoms with Crippen molar-refractivity contribution in [2.24, 2.45) is 0 Å². The quantitative estimate of drug-likeness (QED) is 0.881. The number of nitrogen functional groups attached to an aromatic ring is 1. The minimum atomic E-state index is 0.0602. The van der Waals surface area contributed by atoms with Crippen LogP contribution in [0.3, 0.4) is 0 Å². The summed E-state index contributed by atoms with van der Waals surface area (Å²) in [6.07, 6.45) is 0.487. The van der Waals surface area contributed by atoms with Crippen LogP contribution >= 0.6 is 23.2 Å². The molecule has 2 rings (SSSR count). The lowest BCUT2D eigenvalue weighted by molar-refractivity contribution is 0.522. The Morgan fingerprint density at radius 2 is 2.00 bits per heavy atom. The second kappa shape index (κ2) is 4.08. The summed E-state index contributed by atoms with van der Waals surface area (Å²) < 4.78 is 5.04. The predicted molar refractivity (Wildman–Crippen MR) is 58.0 cm³/mol. The second-order valence-electron chi connectivity index (χ2n) is 2.96. The van der Waals surface area contributed by atoms with Crippen molar-refractivity contribution in [1.29, 1.82) is 0 Å². The standard InChI is InChI=1S/C9H7Cl2N3O/c10-6-2-1-5(3-7(6)11)4-8-13-14-9(12)15-8/h1-3H,4H2,(H2,12,14). The predicted octanol–water partition coefficient (Wildman–Crippen LogP) is 2.55. The van der Waals surface area contributed by atoms with Crippen molar-refractivity contribution in [3.05, 3.63) is 39.7 Å². The van der Waals surface area contributed by atoms with Gasteiger partial charge in [0.15, 0.2) is 0 Å². The van der Waals surface area contributed by atoms with E-state index in [4.69, 9.17) is 33.4 Å². The second-order valence-corrected chi connectivity index (χ2v) is 3.77. The summed E-state index contributed by atoms with van der Waals surface area (Å²) in [4.78, 5) is 0. The summed E-state index contributed by atoms with van der Waals surface area (Å²) in [5.41, 5.74) is 6.24. The van der Waals surface area contributed by atoms with E-state index in [1.807, 2.05) is 6.07 Å². The molecule has 78 valence electrons. The molecule has 0 bridgehead atoms.